The van der Waals surface area contributed by atoms with E-state index in [1.807, 2.05) is 4.68 Å². The molecule has 0 saturated carbocycles. The number of esters is 1. The predicted octanol–water partition coefficient (Wildman–Crippen LogP) is 5.00. The molecular formula is C20H41N3O2SiSn. The second-order valence-electron chi connectivity index (χ2n) is 9.09. The van der Waals surface area contributed by atoms with E-state index in [0.717, 1.165) is 9.88 Å². The second-order valence-corrected chi connectivity index (χ2v) is 27.5. The van der Waals surface area contributed by atoms with Gasteiger partial charge in [0.2, 0.25) is 0 Å². The van der Waals surface area contributed by atoms with Gasteiger partial charge in [-0.1, -0.05) is 0 Å². The van der Waals surface area contributed by atoms with Crippen LogP contribution in [-0.4, -0.2) is 54.5 Å². The molecule has 1 rings (SSSR count). The SMILES string of the molecule is CCC[CH2][Sn]([CH2]CCC)([CH2]CCC)[c]1nnn(C[Si](C)(C)C)c1C(=O)OC. The van der Waals surface area contributed by atoms with Gasteiger partial charge in [-0.05, 0) is 0 Å². The van der Waals surface area contributed by atoms with Gasteiger partial charge in [-0.25, -0.2) is 0 Å². The standard InChI is InChI=1S/C8H14N3O2Si.3C4H9.Sn/c1-13-8(12)7-5-9-10-11(7)6-14(2,3)4;3*1-3-4-2;/h6H2,1-4H3;3*1,3-4H2,2H3;. The zero-order valence-corrected chi connectivity index (χ0v) is 22.6. The van der Waals surface area contributed by atoms with Crippen LogP contribution in [0.1, 0.15) is 69.8 Å². The van der Waals surface area contributed by atoms with Gasteiger partial charge < -0.3 is 0 Å². The molecule has 1 heterocycles. The van der Waals surface area contributed by atoms with E-state index in [1.165, 1.54) is 58.9 Å². The van der Waals surface area contributed by atoms with Crippen molar-refractivity contribution in [3.8, 4) is 0 Å². The Morgan fingerprint density at radius 3 is 1.85 bits per heavy atom. The fourth-order valence-corrected chi connectivity index (χ4v) is 20.7. The molecule has 0 atom stereocenters. The maximum absolute atomic E-state index is 12.8. The van der Waals surface area contributed by atoms with Gasteiger partial charge in [0.05, 0.1) is 0 Å². The first-order valence-electron chi connectivity index (χ1n) is 10.8. The van der Waals surface area contributed by atoms with Crippen LogP contribution in [0.4, 0.5) is 0 Å². The Bertz CT molecular complexity index is 562. The van der Waals surface area contributed by atoms with E-state index < -0.39 is 26.5 Å². The van der Waals surface area contributed by atoms with Gasteiger partial charge in [0, 0.05) is 0 Å². The number of carbonyl (C=O) groups is 1. The van der Waals surface area contributed by atoms with Gasteiger partial charge in [0.1, 0.15) is 0 Å². The summed E-state index contributed by atoms with van der Waals surface area (Å²) in [5, 5.41) is 9.24. The number of hydrogen-bond acceptors (Lipinski definition) is 4. The zero-order chi connectivity index (χ0) is 20.5. The fourth-order valence-electron chi connectivity index (χ4n) is 3.80. The summed E-state index contributed by atoms with van der Waals surface area (Å²) < 4.78 is 12.0. The summed E-state index contributed by atoms with van der Waals surface area (Å²) in [5.41, 5.74) is 0.694. The van der Waals surface area contributed by atoms with Crippen molar-refractivity contribution in [1.82, 2.24) is 15.0 Å². The summed E-state index contributed by atoms with van der Waals surface area (Å²) in [6, 6.07) is 0. The van der Waals surface area contributed by atoms with Crippen molar-refractivity contribution in [3.05, 3.63) is 5.69 Å². The van der Waals surface area contributed by atoms with Crippen molar-refractivity contribution >= 4 is 36.1 Å². The van der Waals surface area contributed by atoms with Crippen molar-refractivity contribution in [2.45, 2.75) is 98.4 Å². The van der Waals surface area contributed by atoms with Crippen LogP contribution in [0.15, 0.2) is 0 Å². The molecule has 0 fully saturated rings. The van der Waals surface area contributed by atoms with Crippen LogP contribution in [0.3, 0.4) is 0 Å². The zero-order valence-electron chi connectivity index (χ0n) is 18.7. The molecular weight excluding hydrogens is 461 g/mol. The summed E-state index contributed by atoms with van der Waals surface area (Å²) >= 11 is -2.83. The van der Waals surface area contributed by atoms with Gasteiger partial charge in [0.15, 0.2) is 0 Å². The maximum atomic E-state index is 12.8. The summed E-state index contributed by atoms with van der Waals surface area (Å²) in [6.45, 7) is 13.7. The Hall–Kier alpha value is -0.374. The van der Waals surface area contributed by atoms with E-state index in [1.54, 1.807) is 0 Å². The molecule has 0 spiro atoms. The number of carbonyl (C=O) groups excluding carboxylic acids is 1. The van der Waals surface area contributed by atoms with Gasteiger partial charge in [-0.2, -0.15) is 0 Å². The van der Waals surface area contributed by atoms with E-state index >= 15 is 0 Å². The quantitative estimate of drug-likeness (QED) is 0.282. The number of unbranched alkanes of at least 4 members (excludes halogenated alkanes) is 3. The molecule has 0 aliphatic rings. The van der Waals surface area contributed by atoms with Gasteiger partial charge in [-0.3, -0.25) is 0 Å². The van der Waals surface area contributed by atoms with Crippen molar-refractivity contribution < 1.29 is 9.53 Å². The molecule has 0 aromatic carbocycles. The molecule has 0 unspecified atom stereocenters. The van der Waals surface area contributed by atoms with Gasteiger partial charge in [0.25, 0.3) is 0 Å². The molecule has 1 aromatic rings. The van der Waals surface area contributed by atoms with E-state index in [2.05, 4.69) is 45.6 Å². The average Bonchev–Trinajstić information content (AvgIpc) is 3.03. The second kappa shape index (κ2) is 11.6. The third-order valence-electron chi connectivity index (χ3n) is 5.27. The summed E-state index contributed by atoms with van der Waals surface area (Å²) in [7, 11) is 0.0515. The molecule has 0 radical (unpaired) electrons. The van der Waals surface area contributed by atoms with Crippen LogP contribution in [-0.2, 0) is 10.9 Å². The number of nitrogens with zero attached hydrogens (tertiary/aromatic N) is 3. The van der Waals surface area contributed by atoms with Crippen LogP contribution in [0, 0.1) is 0 Å². The van der Waals surface area contributed by atoms with Crippen molar-refractivity contribution in [2.75, 3.05) is 7.11 Å². The van der Waals surface area contributed by atoms with E-state index in [4.69, 9.17) is 9.84 Å². The van der Waals surface area contributed by atoms with Gasteiger partial charge in [-0.15, -0.1) is 0 Å². The average molecular weight is 502 g/mol. The van der Waals surface area contributed by atoms with Crippen LogP contribution >= 0.6 is 0 Å². The van der Waals surface area contributed by atoms with Crippen molar-refractivity contribution in [3.63, 3.8) is 0 Å². The number of rotatable bonds is 13. The molecule has 0 aliphatic carbocycles. The number of aromatic nitrogens is 3. The number of ether oxygens (including phenoxy) is 1. The molecule has 5 nitrogen and oxygen atoms in total. The molecule has 27 heavy (non-hydrogen) atoms. The van der Waals surface area contributed by atoms with Crippen molar-refractivity contribution in [1.29, 1.82) is 0 Å². The normalized spacial score (nSPS) is 12.4. The molecule has 0 amide bonds. The first-order chi connectivity index (χ1) is 12.7. The number of hydrogen-bond donors (Lipinski definition) is 0. The third-order valence-corrected chi connectivity index (χ3v) is 21.6. The van der Waals surface area contributed by atoms with Crippen LogP contribution < -0.4 is 3.71 Å². The van der Waals surface area contributed by atoms with E-state index in [9.17, 15) is 4.79 Å². The monoisotopic (exact) mass is 503 g/mol. The van der Waals surface area contributed by atoms with E-state index in [-0.39, 0.29) is 5.97 Å². The Kier molecular flexibility index (Phi) is 10.6. The minimum atomic E-state index is -2.83. The number of methoxy groups -OCH3 is 1. The van der Waals surface area contributed by atoms with E-state index in [0.29, 0.717) is 5.69 Å². The summed E-state index contributed by atoms with van der Waals surface area (Å²) in [5.74, 6) is -0.237. The molecule has 0 bridgehead atoms. The van der Waals surface area contributed by atoms with Gasteiger partial charge >= 0.3 is 172 Å². The molecule has 0 N–H and O–H groups in total. The Morgan fingerprint density at radius 1 is 1.00 bits per heavy atom. The summed E-state index contributed by atoms with van der Waals surface area (Å²) in [4.78, 5) is 12.8. The predicted molar refractivity (Wildman–Crippen MR) is 119 cm³/mol. The molecule has 1 aromatic heterocycles. The fraction of sp³-hybridized carbons (Fsp3) is 0.850. The Labute approximate surface area is 171 Å². The minimum absolute atomic E-state index is 0.237. The Morgan fingerprint density at radius 2 is 1.48 bits per heavy atom. The van der Waals surface area contributed by atoms with Crippen molar-refractivity contribution in [2.24, 2.45) is 0 Å². The third kappa shape index (κ3) is 7.18. The molecule has 156 valence electrons. The molecule has 0 aliphatic heterocycles. The Balaban J connectivity index is 3.50. The topological polar surface area (TPSA) is 57.0 Å². The molecule has 7 heteroatoms. The molecule has 0 saturated heterocycles. The first kappa shape index (κ1) is 24.7. The summed E-state index contributed by atoms with van der Waals surface area (Å²) in [6.07, 6.45) is 8.15. The van der Waals surface area contributed by atoms with Crippen LogP contribution in [0.5, 0.6) is 0 Å². The van der Waals surface area contributed by atoms with Crippen LogP contribution in [0.25, 0.3) is 0 Å². The van der Waals surface area contributed by atoms with Crippen LogP contribution in [0.2, 0.25) is 33.0 Å². The first-order valence-corrected chi connectivity index (χ1v) is 22.0.